The molecule has 0 aromatic rings. The summed E-state index contributed by atoms with van der Waals surface area (Å²) < 4.78 is 24.6. The van der Waals surface area contributed by atoms with Crippen LogP contribution >= 0.6 is 0 Å². The summed E-state index contributed by atoms with van der Waals surface area (Å²) >= 11 is 0. The number of allylic oxidation sites excluding steroid dienone is 2. The van der Waals surface area contributed by atoms with Crippen molar-refractivity contribution < 1.29 is 13.9 Å². The number of unbranched alkanes of at least 4 members (excludes halogenated alkanes) is 2. The third kappa shape index (κ3) is 5.53. The van der Waals surface area contributed by atoms with Crippen molar-refractivity contribution in [3.05, 3.63) is 11.9 Å². The van der Waals surface area contributed by atoms with Crippen LogP contribution in [0.4, 0.5) is 4.39 Å². The van der Waals surface area contributed by atoms with E-state index in [1.54, 1.807) is 6.08 Å². The van der Waals surface area contributed by atoms with E-state index >= 15 is 0 Å². The average molecular weight is 284 g/mol. The van der Waals surface area contributed by atoms with Crippen LogP contribution in [-0.4, -0.2) is 19.5 Å². The highest BCUT2D eigenvalue weighted by Crippen LogP contribution is 2.29. The second-order valence-electron chi connectivity index (χ2n) is 6.33. The second-order valence-corrected chi connectivity index (χ2v) is 6.33. The maximum atomic E-state index is 12.9. The second kappa shape index (κ2) is 8.78. The molecule has 116 valence electrons. The average Bonchev–Trinajstić information content (AvgIpc) is 2.48. The molecule has 0 saturated carbocycles. The van der Waals surface area contributed by atoms with Gasteiger partial charge in [-0.25, -0.2) is 4.39 Å². The van der Waals surface area contributed by atoms with Crippen LogP contribution in [0.1, 0.15) is 64.7 Å². The molecule has 2 rings (SSSR count). The Balaban J connectivity index is 1.55. The molecule has 1 aliphatic heterocycles. The lowest BCUT2D eigenvalue weighted by molar-refractivity contribution is -0.205. The molecule has 1 unspecified atom stereocenters. The molecule has 20 heavy (non-hydrogen) atoms. The maximum Gasteiger partial charge on any atom is 0.157 e. The molecule has 1 aliphatic carbocycles. The van der Waals surface area contributed by atoms with Crippen molar-refractivity contribution in [2.45, 2.75) is 71.0 Å². The Morgan fingerprint density at radius 1 is 1.10 bits per heavy atom. The van der Waals surface area contributed by atoms with Gasteiger partial charge in [-0.15, -0.1) is 0 Å². The number of ether oxygens (including phenoxy) is 2. The molecule has 1 heterocycles. The Labute approximate surface area is 122 Å². The van der Waals surface area contributed by atoms with Crippen molar-refractivity contribution in [1.29, 1.82) is 0 Å². The zero-order valence-electron chi connectivity index (χ0n) is 12.8. The van der Waals surface area contributed by atoms with E-state index in [-0.39, 0.29) is 12.1 Å². The van der Waals surface area contributed by atoms with E-state index in [0.717, 1.165) is 38.9 Å². The van der Waals surface area contributed by atoms with Crippen LogP contribution in [0.2, 0.25) is 0 Å². The molecule has 3 heteroatoms. The monoisotopic (exact) mass is 284 g/mol. The number of hydrogen-bond donors (Lipinski definition) is 0. The topological polar surface area (TPSA) is 18.5 Å². The normalized spacial score (nSPS) is 31.1. The van der Waals surface area contributed by atoms with E-state index in [1.165, 1.54) is 25.7 Å². The fourth-order valence-corrected chi connectivity index (χ4v) is 3.09. The maximum absolute atomic E-state index is 12.9. The third-order valence-corrected chi connectivity index (χ3v) is 4.53. The van der Waals surface area contributed by atoms with Gasteiger partial charge in [-0.3, -0.25) is 0 Å². The van der Waals surface area contributed by atoms with E-state index in [1.807, 2.05) is 0 Å². The van der Waals surface area contributed by atoms with E-state index in [0.29, 0.717) is 18.3 Å². The van der Waals surface area contributed by atoms with E-state index < -0.39 is 0 Å². The minimum atomic E-state index is -0.0202. The van der Waals surface area contributed by atoms with Crippen molar-refractivity contribution in [2.75, 3.05) is 13.2 Å². The fourth-order valence-electron chi connectivity index (χ4n) is 3.09. The van der Waals surface area contributed by atoms with Gasteiger partial charge >= 0.3 is 0 Å². The molecule has 0 spiro atoms. The van der Waals surface area contributed by atoms with Crippen molar-refractivity contribution in [3.8, 4) is 0 Å². The predicted molar refractivity (Wildman–Crippen MR) is 79.1 cm³/mol. The van der Waals surface area contributed by atoms with Gasteiger partial charge in [-0.05, 0) is 44.4 Å². The Kier molecular flexibility index (Phi) is 7.01. The van der Waals surface area contributed by atoms with Crippen molar-refractivity contribution >= 4 is 0 Å². The fraction of sp³-hybridized carbons (Fsp3) is 0.882. The zero-order chi connectivity index (χ0) is 14.2. The van der Waals surface area contributed by atoms with Gasteiger partial charge in [0.15, 0.2) is 6.29 Å². The van der Waals surface area contributed by atoms with Gasteiger partial charge in [0.1, 0.15) is 0 Å². The lowest BCUT2D eigenvalue weighted by Gasteiger charge is -2.30. The largest absolute Gasteiger partial charge is 0.352 e. The van der Waals surface area contributed by atoms with Crippen LogP contribution in [-0.2, 0) is 9.47 Å². The number of halogens is 1. The molecule has 1 fully saturated rings. The first-order valence-electron chi connectivity index (χ1n) is 8.35. The van der Waals surface area contributed by atoms with Gasteiger partial charge in [0.05, 0.1) is 19.0 Å². The molecule has 0 aromatic heterocycles. The highest BCUT2D eigenvalue weighted by atomic mass is 19.1. The molecule has 1 saturated heterocycles. The predicted octanol–water partition coefficient (Wildman–Crippen LogP) is 4.99. The first kappa shape index (κ1) is 16.0. The lowest BCUT2D eigenvalue weighted by Crippen LogP contribution is -2.32. The summed E-state index contributed by atoms with van der Waals surface area (Å²) in [5, 5.41) is 0. The Bertz CT molecular complexity index is 295. The third-order valence-electron chi connectivity index (χ3n) is 4.53. The summed E-state index contributed by atoms with van der Waals surface area (Å²) in [6.45, 7) is 3.94. The Morgan fingerprint density at radius 2 is 1.90 bits per heavy atom. The van der Waals surface area contributed by atoms with Gasteiger partial charge in [0.2, 0.25) is 0 Å². The van der Waals surface area contributed by atoms with Crippen LogP contribution < -0.4 is 0 Å². The van der Waals surface area contributed by atoms with Gasteiger partial charge in [0, 0.05) is 5.92 Å². The molecule has 0 amide bonds. The summed E-state index contributed by atoms with van der Waals surface area (Å²) in [6, 6.07) is 0. The van der Waals surface area contributed by atoms with Crippen LogP contribution in [0, 0.1) is 11.8 Å². The minimum Gasteiger partial charge on any atom is -0.352 e. The highest BCUT2D eigenvalue weighted by molar-refractivity contribution is 4.97. The van der Waals surface area contributed by atoms with Crippen molar-refractivity contribution in [3.63, 3.8) is 0 Å². The molecular formula is C17H29FO2. The Hall–Kier alpha value is -0.410. The first-order valence-corrected chi connectivity index (χ1v) is 8.35. The van der Waals surface area contributed by atoms with Crippen LogP contribution in [0.25, 0.3) is 0 Å². The summed E-state index contributed by atoms with van der Waals surface area (Å²) in [6.07, 6.45) is 11.4. The summed E-state index contributed by atoms with van der Waals surface area (Å²) in [4.78, 5) is 0. The lowest BCUT2D eigenvalue weighted by atomic mass is 9.89. The number of hydrogen-bond acceptors (Lipinski definition) is 2. The standard InChI is InChI=1S/C17H29FO2/c1-2-3-4-5-15-12-19-17(20-13-15)11-8-14-6-9-16(18)10-7-14/h9,14-15,17H,2-8,10-13H2,1H3. The van der Waals surface area contributed by atoms with Crippen LogP contribution in [0.5, 0.6) is 0 Å². The Morgan fingerprint density at radius 3 is 2.55 bits per heavy atom. The molecule has 2 aliphatic rings. The van der Waals surface area contributed by atoms with Gasteiger partial charge in [-0.2, -0.15) is 0 Å². The summed E-state index contributed by atoms with van der Waals surface area (Å²) in [5.41, 5.74) is 0. The highest BCUT2D eigenvalue weighted by Gasteiger charge is 2.23. The molecule has 0 radical (unpaired) electrons. The SMILES string of the molecule is CCCCCC1COC(CCC2CC=C(F)CC2)OC1. The molecule has 0 bridgehead atoms. The smallest absolute Gasteiger partial charge is 0.157 e. The van der Waals surface area contributed by atoms with E-state index in [9.17, 15) is 4.39 Å². The molecular weight excluding hydrogens is 255 g/mol. The zero-order valence-corrected chi connectivity index (χ0v) is 12.8. The minimum absolute atomic E-state index is 0.0202. The van der Waals surface area contributed by atoms with Crippen LogP contribution in [0.3, 0.4) is 0 Å². The molecule has 1 atom stereocenters. The van der Waals surface area contributed by atoms with Gasteiger partial charge in [0.25, 0.3) is 0 Å². The quantitative estimate of drug-likeness (QED) is 0.613. The molecule has 2 nitrogen and oxygen atoms in total. The number of rotatable bonds is 7. The van der Waals surface area contributed by atoms with Gasteiger partial charge < -0.3 is 9.47 Å². The van der Waals surface area contributed by atoms with Gasteiger partial charge in [-0.1, -0.05) is 32.3 Å². The molecule has 0 aromatic carbocycles. The summed E-state index contributed by atoms with van der Waals surface area (Å²) in [5.74, 6) is 1.27. The van der Waals surface area contributed by atoms with Crippen molar-refractivity contribution in [2.24, 2.45) is 11.8 Å². The first-order chi connectivity index (χ1) is 9.78. The van der Waals surface area contributed by atoms with Crippen LogP contribution in [0.15, 0.2) is 11.9 Å². The van der Waals surface area contributed by atoms with Crippen molar-refractivity contribution in [1.82, 2.24) is 0 Å². The molecule has 0 N–H and O–H groups in total. The summed E-state index contributed by atoms with van der Waals surface area (Å²) in [7, 11) is 0. The van der Waals surface area contributed by atoms with E-state index in [4.69, 9.17) is 9.47 Å². The van der Waals surface area contributed by atoms with E-state index in [2.05, 4.69) is 6.92 Å².